The fourth-order valence-corrected chi connectivity index (χ4v) is 6.39. The SMILES string of the molecule is COC(=O)[C@H]1CC[C@](C)(C2CC[C@]3(C)C(=O)CCC3C2C)/C(=C\O)C1. The van der Waals surface area contributed by atoms with E-state index in [0.717, 1.165) is 44.1 Å². The van der Waals surface area contributed by atoms with Crippen LogP contribution in [0.1, 0.15) is 65.7 Å². The van der Waals surface area contributed by atoms with E-state index in [2.05, 4.69) is 20.8 Å². The van der Waals surface area contributed by atoms with Gasteiger partial charge in [0.1, 0.15) is 5.78 Å². The Balaban J connectivity index is 1.83. The van der Waals surface area contributed by atoms with Crippen molar-refractivity contribution >= 4 is 11.8 Å². The maximum atomic E-state index is 12.4. The molecule has 0 aromatic rings. The van der Waals surface area contributed by atoms with Crippen molar-refractivity contribution in [2.45, 2.75) is 65.7 Å². The van der Waals surface area contributed by atoms with Crippen molar-refractivity contribution < 1.29 is 19.4 Å². The highest BCUT2D eigenvalue weighted by molar-refractivity contribution is 5.87. The molecule has 0 saturated heterocycles. The highest BCUT2D eigenvalue weighted by Gasteiger charge is 2.56. The predicted octanol–water partition coefficient (Wildman–Crippen LogP) is 4.44. The third-order valence-corrected chi connectivity index (χ3v) is 8.10. The van der Waals surface area contributed by atoms with Crippen molar-refractivity contribution in [2.24, 2.45) is 34.5 Å². The van der Waals surface area contributed by atoms with Crippen LogP contribution < -0.4 is 0 Å². The molecule has 3 fully saturated rings. The summed E-state index contributed by atoms with van der Waals surface area (Å²) in [6, 6.07) is 0. The van der Waals surface area contributed by atoms with Crippen LogP contribution in [0.3, 0.4) is 0 Å². The first-order chi connectivity index (χ1) is 11.8. The Bertz CT molecular complexity index is 595. The molecule has 0 bridgehead atoms. The lowest BCUT2D eigenvalue weighted by Crippen LogP contribution is -2.48. The summed E-state index contributed by atoms with van der Waals surface area (Å²) in [6.07, 6.45) is 7.25. The molecule has 3 rings (SSSR count). The number of esters is 1. The van der Waals surface area contributed by atoms with E-state index < -0.39 is 0 Å². The second-order valence-electron chi connectivity index (χ2n) is 9.02. The molecule has 0 aromatic carbocycles. The minimum Gasteiger partial charge on any atom is -0.516 e. The van der Waals surface area contributed by atoms with Crippen molar-refractivity contribution in [2.75, 3.05) is 7.11 Å². The lowest BCUT2D eigenvalue weighted by atomic mass is 9.51. The van der Waals surface area contributed by atoms with E-state index in [0.29, 0.717) is 30.0 Å². The number of carbonyl (C=O) groups excluding carboxylic acids is 2. The van der Waals surface area contributed by atoms with E-state index in [9.17, 15) is 14.7 Å². The number of aliphatic hydroxyl groups excluding tert-OH is 1. The summed E-state index contributed by atoms with van der Waals surface area (Å²) in [5.74, 6) is 1.49. The zero-order chi connectivity index (χ0) is 18.4. The Morgan fingerprint density at radius 3 is 2.44 bits per heavy atom. The molecule has 0 amide bonds. The molecule has 0 aliphatic heterocycles. The van der Waals surface area contributed by atoms with Crippen LogP contribution in [0.4, 0.5) is 0 Å². The summed E-state index contributed by atoms with van der Waals surface area (Å²) < 4.78 is 4.91. The van der Waals surface area contributed by atoms with Gasteiger partial charge in [-0.15, -0.1) is 0 Å². The number of carbonyl (C=O) groups is 2. The summed E-state index contributed by atoms with van der Waals surface area (Å²) >= 11 is 0. The number of aliphatic hydroxyl groups is 1. The summed E-state index contributed by atoms with van der Waals surface area (Å²) in [7, 11) is 1.43. The number of hydrogen-bond donors (Lipinski definition) is 1. The molecule has 3 saturated carbocycles. The van der Waals surface area contributed by atoms with E-state index in [1.54, 1.807) is 0 Å². The Labute approximate surface area is 151 Å². The molecule has 0 spiro atoms. The van der Waals surface area contributed by atoms with Crippen molar-refractivity contribution in [3.63, 3.8) is 0 Å². The quantitative estimate of drug-likeness (QED) is 0.592. The molecule has 4 nitrogen and oxygen atoms in total. The van der Waals surface area contributed by atoms with Gasteiger partial charge in [-0.25, -0.2) is 0 Å². The lowest BCUT2D eigenvalue weighted by molar-refractivity contribution is -0.147. The third kappa shape index (κ3) is 2.72. The number of ether oxygens (including phenoxy) is 1. The Kier molecular flexibility index (Phi) is 4.76. The number of allylic oxidation sites excluding steroid dienone is 1. The Morgan fingerprint density at radius 2 is 1.80 bits per heavy atom. The number of ketones is 1. The second-order valence-corrected chi connectivity index (χ2v) is 9.02. The second kappa shape index (κ2) is 6.44. The van der Waals surface area contributed by atoms with Crippen molar-refractivity contribution in [1.29, 1.82) is 0 Å². The molecule has 6 atom stereocenters. The molecule has 0 heterocycles. The smallest absolute Gasteiger partial charge is 0.308 e. The van der Waals surface area contributed by atoms with E-state index in [4.69, 9.17) is 4.74 Å². The van der Waals surface area contributed by atoms with Crippen molar-refractivity contribution in [3.8, 4) is 0 Å². The van der Waals surface area contributed by atoms with Gasteiger partial charge in [0.05, 0.1) is 19.3 Å². The zero-order valence-electron chi connectivity index (χ0n) is 16.0. The van der Waals surface area contributed by atoms with Crippen molar-refractivity contribution in [3.05, 3.63) is 11.8 Å². The van der Waals surface area contributed by atoms with Crippen LogP contribution in [-0.2, 0) is 14.3 Å². The van der Waals surface area contributed by atoms with E-state index >= 15 is 0 Å². The normalized spacial score (nSPS) is 46.1. The van der Waals surface area contributed by atoms with E-state index in [-0.39, 0.29) is 22.7 Å². The van der Waals surface area contributed by atoms with Gasteiger partial charge in [0, 0.05) is 11.8 Å². The third-order valence-electron chi connectivity index (χ3n) is 8.10. The summed E-state index contributed by atoms with van der Waals surface area (Å²) in [5, 5.41) is 9.93. The fraction of sp³-hybridized carbons (Fsp3) is 0.810. The number of Topliss-reactive ketones (excluding diaryl/α,β-unsaturated/α-hetero) is 1. The zero-order valence-corrected chi connectivity index (χ0v) is 16.0. The number of methoxy groups -OCH3 is 1. The number of hydrogen-bond acceptors (Lipinski definition) is 4. The molecule has 140 valence electrons. The van der Waals surface area contributed by atoms with Gasteiger partial charge >= 0.3 is 5.97 Å². The monoisotopic (exact) mass is 348 g/mol. The molecule has 3 aliphatic rings. The topological polar surface area (TPSA) is 63.6 Å². The molecule has 0 aromatic heterocycles. The van der Waals surface area contributed by atoms with Crippen LogP contribution >= 0.6 is 0 Å². The van der Waals surface area contributed by atoms with Gasteiger partial charge in [0.15, 0.2) is 0 Å². The molecule has 4 heteroatoms. The largest absolute Gasteiger partial charge is 0.516 e. The first kappa shape index (κ1) is 18.5. The summed E-state index contributed by atoms with van der Waals surface area (Å²) in [4.78, 5) is 24.3. The fourth-order valence-electron chi connectivity index (χ4n) is 6.39. The van der Waals surface area contributed by atoms with Gasteiger partial charge in [0.25, 0.3) is 0 Å². The standard InChI is InChI=1S/C21H32O4/c1-13-16-5-6-18(23)21(16,3)10-8-17(13)20(2)9-7-14(19(24)25-4)11-15(20)12-22/h12-14,16-17,22H,5-11H2,1-4H3/b15-12-/t13?,14-,16?,17?,20-,21-/m0/s1. The molecule has 0 radical (unpaired) electrons. The average Bonchev–Trinajstić information content (AvgIpc) is 2.90. The highest BCUT2D eigenvalue weighted by atomic mass is 16.5. The molecule has 25 heavy (non-hydrogen) atoms. The minimum atomic E-state index is -0.174. The van der Waals surface area contributed by atoms with Crippen LogP contribution in [0.25, 0.3) is 0 Å². The van der Waals surface area contributed by atoms with E-state index in [1.807, 2.05) is 0 Å². The molecule has 1 N–H and O–H groups in total. The van der Waals surface area contributed by atoms with E-state index in [1.165, 1.54) is 13.4 Å². The first-order valence-corrected chi connectivity index (χ1v) is 9.72. The Morgan fingerprint density at radius 1 is 1.16 bits per heavy atom. The van der Waals surface area contributed by atoms with Crippen LogP contribution in [0, 0.1) is 34.5 Å². The number of fused-ring (bicyclic) bond motifs is 1. The van der Waals surface area contributed by atoms with Crippen LogP contribution in [0.2, 0.25) is 0 Å². The van der Waals surface area contributed by atoms with Gasteiger partial charge in [-0.2, -0.15) is 0 Å². The highest BCUT2D eigenvalue weighted by Crippen LogP contribution is 2.61. The molecule has 3 unspecified atom stereocenters. The number of rotatable bonds is 2. The van der Waals surface area contributed by atoms with Gasteiger partial charge in [-0.3, -0.25) is 9.59 Å². The lowest BCUT2D eigenvalue weighted by Gasteiger charge is -2.53. The molecular weight excluding hydrogens is 316 g/mol. The molecular formula is C21H32O4. The van der Waals surface area contributed by atoms with Gasteiger partial charge in [-0.05, 0) is 67.3 Å². The van der Waals surface area contributed by atoms with Crippen LogP contribution in [-0.4, -0.2) is 24.0 Å². The summed E-state index contributed by atoms with van der Waals surface area (Å²) in [6.45, 7) is 6.72. The van der Waals surface area contributed by atoms with Gasteiger partial charge in [0.2, 0.25) is 0 Å². The van der Waals surface area contributed by atoms with Crippen LogP contribution in [0.5, 0.6) is 0 Å². The predicted molar refractivity (Wildman–Crippen MR) is 95.9 cm³/mol. The van der Waals surface area contributed by atoms with Crippen LogP contribution in [0.15, 0.2) is 11.8 Å². The molecule has 3 aliphatic carbocycles. The van der Waals surface area contributed by atoms with Crippen molar-refractivity contribution in [1.82, 2.24) is 0 Å². The first-order valence-electron chi connectivity index (χ1n) is 9.72. The maximum Gasteiger partial charge on any atom is 0.308 e. The Hall–Kier alpha value is -1.32. The average molecular weight is 348 g/mol. The van der Waals surface area contributed by atoms with Gasteiger partial charge < -0.3 is 9.84 Å². The van der Waals surface area contributed by atoms with Gasteiger partial charge in [-0.1, -0.05) is 20.8 Å². The minimum absolute atomic E-state index is 0.0916. The maximum absolute atomic E-state index is 12.4. The summed E-state index contributed by atoms with van der Waals surface area (Å²) in [5.41, 5.74) is 0.753.